The second-order valence-corrected chi connectivity index (χ2v) is 7.60. The van der Waals surface area contributed by atoms with Crippen molar-refractivity contribution in [2.75, 3.05) is 13.1 Å². The summed E-state index contributed by atoms with van der Waals surface area (Å²) in [6, 6.07) is 7.89. The third-order valence-corrected chi connectivity index (χ3v) is 6.54. The molecule has 1 aromatic carbocycles. The van der Waals surface area contributed by atoms with E-state index in [-0.39, 0.29) is 11.9 Å². The van der Waals surface area contributed by atoms with E-state index in [9.17, 15) is 4.79 Å². The van der Waals surface area contributed by atoms with Crippen LogP contribution in [0, 0.1) is 0 Å². The molecule has 2 N–H and O–H groups in total. The maximum Gasteiger partial charge on any atom is 0.240 e. The number of aromatic nitrogens is 1. The Morgan fingerprint density at radius 2 is 2.26 bits per heavy atom. The van der Waals surface area contributed by atoms with Gasteiger partial charge < -0.3 is 5.73 Å². The Hall–Kier alpha value is -1.76. The van der Waals surface area contributed by atoms with Crippen LogP contribution in [0.3, 0.4) is 0 Å². The third kappa shape index (κ3) is 2.38. The van der Waals surface area contributed by atoms with Crippen LogP contribution in [0.4, 0.5) is 0 Å². The Kier molecular flexibility index (Phi) is 3.67. The van der Waals surface area contributed by atoms with Crippen LogP contribution in [0.5, 0.6) is 0 Å². The lowest BCUT2D eigenvalue weighted by molar-refractivity contribution is -0.123. The standard InChI is InChI=1S/C17H17N3OS2/c1-2-20-8-7-10-11(9-22-15(10)14(20)16(18)21)17-19-12-5-3-4-6-13(12)23-17/h3-6,9,14H,2,7-8H2,1H3,(H2,18,21). The predicted octanol–water partition coefficient (Wildman–Crippen LogP) is 3.43. The number of nitrogens with two attached hydrogens (primary N) is 1. The van der Waals surface area contributed by atoms with Crippen molar-refractivity contribution >= 4 is 38.8 Å². The van der Waals surface area contributed by atoms with Crippen molar-refractivity contribution < 1.29 is 4.79 Å². The molecule has 118 valence electrons. The second-order valence-electron chi connectivity index (χ2n) is 5.66. The number of likely N-dealkylation sites (N-methyl/N-ethyl adjacent to an activating group) is 1. The molecule has 4 nitrogen and oxygen atoms in total. The van der Waals surface area contributed by atoms with E-state index in [2.05, 4.69) is 23.3 Å². The number of thiazole rings is 1. The van der Waals surface area contributed by atoms with Gasteiger partial charge in [-0.15, -0.1) is 22.7 Å². The van der Waals surface area contributed by atoms with Crippen molar-refractivity contribution in [3.63, 3.8) is 0 Å². The molecule has 1 unspecified atom stereocenters. The number of fused-ring (bicyclic) bond motifs is 2. The van der Waals surface area contributed by atoms with Gasteiger partial charge in [-0.25, -0.2) is 4.98 Å². The minimum Gasteiger partial charge on any atom is -0.368 e. The van der Waals surface area contributed by atoms with Crippen molar-refractivity contribution in [3.8, 4) is 10.6 Å². The molecule has 1 aliphatic heterocycles. The van der Waals surface area contributed by atoms with Crippen molar-refractivity contribution in [1.82, 2.24) is 9.88 Å². The van der Waals surface area contributed by atoms with Gasteiger partial charge in [0.2, 0.25) is 5.91 Å². The Morgan fingerprint density at radius 3 is 3.00 bits per heavy atom. The number of carbonyl (C=O) groups is 1. The highest BCUT2D eigenvalue weighted by molar-refractivity contribution is 7.22. The molecule has 0 saturated heterocycles. The Bertz CT molecular complexity index is 850. The minimum absolute atomic E-state index is 0.259. The fourth-order valence-electron chi connectivity index (χ4n) is 3.25. The van der Waals surface area contributed by atoms with Gasteiger partial charge >= 0.3 is 0 Å². The van der Waals surface area contributed by atoms with E-state index >= 15 is 0 Å². The molecule has 0 fully saturated rings. The largest absolute Gasteiger partial charge is 0.368 e. The molecule has 0 saturated carbocycles. The van der Waals surface area contributed by atoms with Gasteiger partial charge in [0.15, 0.2) is 0 Å². The molecule has 0 aliphatic carbocycles. The topological polar surface area (TPSA) is 59.2 Å². The molecule has 1 atom stereocenters. The first-order valence-corrected chi connectivity index (χ1v) is 9.38. The number of rotatable bonds is 3. The number of thiophene rings is 1. The summed E-state index contributed by atoms with van der Waals surface area (Å²) in [6.45, 7) is 3.77. The van der Waals surface area contributed by atoms with E-state index in [4.69, 9.17) is 10.7 Å². The predicted molar refractivity (Wildman–Crippen MR) is 95.8 cm³/mol. The summed E-state index contributed by atoms with van der Waals surface area (Å²) in [5.41, 5.74) is 9.13. The molecule has 0 bridgehead atoms. The zero-order valence-electron chi connectivity index (χ0n) is 12.8. The van der Waals surface area contributed by atoms with Gasteiger partial charge in [0.25, 0.3) is 0 Å². The maximum atomic E-state index is 11.9. The fourth-order valence-corrected chi connectivity index (χ4v) is 5.58. The lowest BCUT2D eigenvalue weighted by atomic mass is 9.97. The summed E-state index contributed by atoms with van der Waals surface area (Å²) in [6.07, 6.45) is 0.946. The first-order valence-electron chi connectivity index (χ1n) is 7.68. The van der Waals surface area contributed by atoms with Gasteiger partial charge in [0.05, 0.1) is 10.2 Å². The van der Waals surface area contributed by atoms with Gasteiger partial charge in [-0.3, -0.25) is 9.69 Å². The second kappa shape index (κ2) is 5.70. The van der Waals surface area contributed by atoms with Gasteiger partial charge in [-0.2, -0.15) is 0 Å². The molecule has 4 rings (SSSR count). The van der Waals surface area contributed by atoms with E-state index in [0.717, 1.165) is 34.9 Å². The molecule has 2 aromatic heterocycles. The molecular formula is C17H17N3OS2. The molecule has 3 aromatic rings. The average Bonchev–Trinajstić information content (AvgIpc) is 3.16. The van der Waals surface area contributed by atoms with Crippen LogP contribution in [0.15, 0.2) is 29.6 Å². The first-order chi connectivity index (χ1) is 11.2. The summed E-state index contributed by atoms with van der Waals surface area (Å²) in [5, 5.41) is 3.18. The van der Waals surface area contributed by atoms with Crippen molar-refractivity contribution in [2.24, 2.45) is 5.73 Å². The number of hydrogen-bond donors (Lipinski definition) is 1. The molecule has 1 amide bonds. The lowest BCUT2D eigenvalue weighted by Gasteiger charge is -2.32. The van der Waals surface area contributed by atoms with Crippen LogP contribution in [-0.4, -0.2) is 28.9 Å². The number of nitrogens with zero attached hydrogens (tertiary/aromatic N) is 2. The minimum atomic E-state index is -0.295. The molecule has 1 aliphatic rings. The molecular weight excluding hydrogens is 326 g/mol. The number of amides is 1. The van der Waals surface area contributed by atoms with Crippen molar-refractivity contribution in [1.29, 1.82) is 0 Å². The summed E-state index contributed by atoms with van der Waals surface area (Å²) in [7, 11) is 0. The van der Waals surface area contributed by atoms with Crippen LogP contribution in [0.1, 0.15) is 23.4 Å². The van der Waals surface area contributed by atoms with E-state index in [1.165, 1.54) is 15.8 Å². The molecule has 0 radical (unpaired) electrons. The Balaban J connectivity index is 1.82. The summed E-state index contributed by atoms with van der Waals surface area (Å²) in [4.78, 5) is 20.0. The van der Waals surface area contributed by atoms with Crippen LogP contribution in [-0.2, 0) is 11.2 Å². The van der Waals surface area contributed by atoms with Gasteiger partial charge in [-0.05, 0) is 30.7 Å². The molecule has 0 spiro atoms. The van der Waals surface area contributed by atoms with Crippen LogP contribution >= 0.6 is 22.7 Å². The van der Waals surface area contributed by atoms with Crippen LogP contribution in [0.25, 0.3) is 20.8 Å². The van der Waals surface area contributed by atoms with E-state index < -0.39 is 0 Å². The normalized spacial score (nSPS) is 18.2. The molecule has 3 heterocycles. The van der Waals surface area contributed by atoms with Crippen LogP contribution in [0.2, 0.25) is 0 Å². The number of hydrogen-bond acceptors (Lipinski definition) is 5. The zero-order valence-corrected chi connectivity index (χ0v) is 14.4. The van der Waals surface area contributed by atoms with Crippen molar-refractivity contribution in [2.45, 2.75) is 19.4 Å². The Morgan fingerprint density at radius 1 is 1.43 bits per heavy atom. The highest BCUT2D eigenvalue weighted by Crippen LogP contribution is 2.42. The first kappa shape index (κ1) is 14.8. The molecule has 6 heteroatoms. The third-order valence-electron chi connectivity index (χ3n) is 4.39. The van der Waals surface area contributed by atoms with E-state index in [1.54, 1.807) is 22.7 Å². The quantitative estimate of drug-likeness (QED) is 0.792. The number of carbonyl (C=O) groups excluding carboxylic acids is 1. The smallest absolute Gasteiger partial charge is 0.240 e. The fraction of sp³-hybridized carbons (Fsp3) is 0.294. The zero-order chi connectivity index (χ0) is 16.0. The van der Waals surface area contributed by atoms with Crippen molar-refractivity contribution in [3.05, 3.63) is 40.1 Å². The number of primary amides is 1. The summed E-state index contributed by atoms with van der Waals surface area (Å²) < 4.78 is 1.19. The summed E-state index contributed by atoms with van der Waals surface area (Å²) >= 11 is 3.35. The van der Waals surface area contributed by atoms with Gasteiger partial charge in [0.1, 0.15) is 11.0 Å². The summed E-state index contributed by atoms with van der Waals surface area (Å²) in [5.74, 6) is -0.259. The maximum absolute atomic E-state index is 11.9. The number of benzene rings is 1. The SMILES string of the molecule is CCN1CCc2c(-c3nc4ccccc4s3)csc2C1C(N)=O. The van der Waals surface area contributed by atoms with Crippen LogP contribution < -0.4 is 5.73 Å². The highest BCUT2D eigenvalue weighted by Gasteiger charge is 2.34. The lowest BCUT2D eigenvalue weighted by Crippen LogP contribution is -2.41. The monoisotopic (exact) mass is 343 g/mol. The highest BCUT2D eigenvalue weighted by atomic mass is 32.1. The van der Waals surface area contributed by atoms with E-state index in [0.29, 0.717) is 0 Å². The Labute approximate surface area is 142 Å². The van der Waals surface area contributed by atoms with Gasteiger partial charge in [0, 0.05) is 22.4 Å². The van der Waals surface area contributed by atoms with E-state index in [1.807, 2.05) is 18.2 Å². The number of para-hydroxylation sites is 1. The van der Waals surface area contributed by atoms with Gasteiger partial charge in [-0.1, -0.05) is 19.1 Å². The molecule has 23 heavy (non-hydrogen) atoms. The average molecular weight is 343 g/mol.